The summed E-state index contributed by atoms with van der Waals surface area (Å²) >= 11 is 0. The Morgan fingerprint density at radius 1 is 1.25 bits per heavy atom. The lowest BCUT2D eigenvalue weighted by molar-refractivity contribution is -0.143. The monoisotopic (exact) mass is 335 g/mol. The van der Waals surface area contributed by atoms with Crippen LogP contribution in [0.4, 0.5) is 4.79 Å². The van der Waals surface area contributed by atoms with Gasteiger partial charge in [-0.2, -0.15) is 0 Å². The highest BCUT2D eigenvalue weighted by Crippen LogP contribution is 2.30. The molecular weight excluding hydrogens is 310 g/mol. The quantitative estimate of drug-likeness (QED) is 0.905. The highest BCUT2D eigenvalue weighted by Gasteiger charge is 2.44. The summed E-state index contributed by atoms with van der Waals surface area (Å²) in [5.74, 6) is 0.352. The first kappa shape index (κ1) is 15.9. The molecule has 1 aromatic heterocycles. The fourth-order valence-electron chi connectivity index (χ4n) is 3.90. The van der Waals surface area contributed by atoms with Crippen molar-refractivity contribution < 1.29 is 18.7 Å². The van der Waals surface area contributed by atoms with Crippen molar-refractivity contribution >= 4 is 6.03 Å². The zero-order valence-electron chi connectivity index (χ0n) is 13.9. The largest absolute Gasteiger partial charge is 0.468 e. The van der Waals surface area contributed by atoms with E-state index < -0.39 is 5.79 Å². The number of amides is 2. The number of hydrogen-bond donors (Lipinski definition) is 1. The van der Waals surface area contributed by atoms with Crippen molar-refractivity contribution in [2.24, 2.45) is 0 Å². The van der Waals surface area contributed by atoms with Crippen molar-refractivity contribution in [1.29, 1.82) is 0 Å². The second kappa shape index (κ2) is 6.74. The first-order valence-corrected chi connectivity index (χ1v) is 8.84. The Bertz CT molecular complexity index is 550. The van der Waals surface area contributed by atoms with E-state index in [4.69, 9.17) is 13.9 Å². The molecule has 3 saturated heterocycles. The van der Waals surface area contributed by atoms with Crippen molar-refractivity contribution in [3.05, 3.63) is 24.2 Å². The molecule has 1 N–H and O–H groups in total. The molecule has 1 aromatic rings. The van der Waals surface area contributed by atoms with Crippen LogP contribution in [0.3, 0.4) is 0 Å². The number of furan rings is 1. The number of nitrogens with one attached hydrogen (secondary N) is 1. The lowest BCUT2D eigenvalue weighted by atomic mass is 10.2. The van der Waals surface area contributed by atoms with Crippen molar-refractivity contribution in [1.82, 2.24) is 15.1 Å². The van der Waals surface area contributed by atoms with E-state index >= 15 is 0 Å². The van der Waals surface area contributed by atoms with Crippen LogP contribution in [0.25, 0.3) is 0 Å². The zero-order chi connectivity index (χ0) is 16.4. The van der Waals surface area contributed by atoms with Crippen molar-refractivity contribution in [3.8, 4) is 0 Å². The molecule has 0 saturated carbocycles. The summed E-state index contributed by atoms with van der Waals surface area (Å²) in [5, 5.41) is 3.07. The molecule has 3 fully saturated rings. The van der Waals surface area contributed by atoms with Gasteiger partial charge in [-0.15, -0.1) is 0 Å². The molecule has 0 aromatic carbocycles. The van der Waals surface area contributed by atoms with E-state index in [1.807, 2.05) is 12.1 Å². The molecule has 3 aliphatic rings. The van der Waals surface area contributed by atoms with E-state index in [0.717, 1.165) is 25.3 Å². The van der Waals surface area contributed by atoms with Gasteiger partial charge < -0.3 is 24.1 Å². The number of likely N-dealkylation sites (tertiary alicyclic amines) is 2. The predicted molar refractivity (Wildman–Crippen MR) is 86.5 cm³/mol. The van der Waals surface area contributed by atoms with Crippen LogP contribution in [0.15, 0.2) is 22.8 Å². The summed E-state index contributed by atoms with van der Waals surface area (Å²) in [4.78, 5) is 16.7. The maximum absolute atomic E-state index is 12.5. The average molecular weight is 335 g/mol. The van der Waals surface area contributed by atoms with Crippen molar-refractivity contribution in [2.45, 2.75) is 31.1 Å². The predicted octanol–water partition coefficient (Wildman–Crippen LogP) is 1.57. The molecule has 0 bridgehead atoms. The van der Waals surface area contributed by atoms with Gasteiger partial charge in [0.15, 0.2) is 5.79 Å². The minimum Gasteiger partial charge on any atom is -0.468 e. The summed E-state index contributed by atoms with van der Waals surface area (Å²) in [6.45, 7) is 5.06. The number of nitrogens with zero attached hydrogens (tertiary/aromatic N) is 2. The minimum absolute atomic E-state index is 0.0540. The van der Waals surface area contributed by atoms with Gasteiger partial charge in [0.2, 0.25) is 0 Å². The van der Waals surface area contributed by atoms with E-state index in [9.17, 15) is 4.79 Å². The van der Waals surface area contributed by atoms with Gasteiger partial charge in [0.05, 0.1) is 32.1 Å². The second-order valence-electron chi connectivity index (χ2n) is 6.74. The van der Waals surface area contributed by atoms with Gasteiger partial charge in [0, 0.05) is 19.5 Å². The average Bonchev–Trinajstić information content (AvgIpc) is 3.38. The molecule has 24 heavy (non-hydrogen) atoms. The van der Waals surface area contributed by atoms with Crippen LogP contribution in [0.1, 0.15) is 31.1 Å². The molecule has 132 valence electrons. The number of urea groups is 1. The van der Waals surface area contributed by atoms with E-state index in [0.29, 0.717) is 32.8 Å². The number of ether oxygens (including phenoxy) is 2. The summed E-state index contributed by atoms with van der Waals surface area (Å²) in [7, 11) is 0. The van der Waals surface area contributed by atoms with Crippen molar-refractivity contribution in [2.75, 3.05) is 45.9 Å². The normalized spacial score (nSPS) is 24.8. The van der Waals surface area contributed by atoms with Crippen LogP contribution in [0, 0.1) is 0 Å². The SMILES string of the molecule is O=C(NC[C@H](c1ccco1)N1CCCC1)N1CCC2(C1)OCCO2. The van der Waals surface area contributed by atoms with Gasteiger partial charge in [-0.05, 0) is 38.1 Å². The number of carbonyl (C=O) groups is 1. The fraction of sp³-hybridized carbons (Fsp3) is 0.706. The van der Waals surface area contributed by atoms with Gasteiger partial charge >= 0.3 is 6.03 Å². The Hall–Kier alpha value is -1.57. The molecule has 0 unspecified atom stereocenters. The maximum atomic E-state index is 12.5. The summed E-state index contributed by atoms with van der Waals surface area (Å²) in [6.07, 6.45) is 4.84. The first-order valence-electron chi connectivity index (χ1n) is 8.84. The van der Waals surface area contributed by atoms with Crippen LogP contribution in [-0.2, 0) is 9.47 Å². The molecule has 7 nitrogen and oxygen atoms in total. The Morgan fingerprint density at radius 3 is 2.75 bits per heavy atom. The first-order chi connectivity index (χ1) is 11.8. The van der Waals surface area contributed by atoms with Crippen LogP contribution in [0.5, 0.6) is 0 Å². The molecule has 2 amide bonds. The van der Waals surface area contributed by atoms with Crippen LogP contribution in [-0.4, -0.2) is 67.6 Å². The third-order valence-electron chi connectivity index (χ3n) is 5.19. The molecule has 0 aliphatic carbocycles. The summed E-state index contributed by atoms with van der Waals surface area (Å²) < 4.78 is 17.0. The smallest absolute Gasteiger partial charge is 0.317 e. The summed E-state index contributed by atoms with van der Waals surface area (Å²) in [5.41, 5.74) is 0. The highest BCUT2D eigenvalue weighted by molar-refractivity contribution is 5.74. The third-order valence-corrected chi connectivity index (χ3v) is 5.19. The second-order valence-corrected chi connectivity index (χ2v) is 6.74. The van der Waals surface area contributed by atoms with Gasteiger partial charge in [0.25, 0.3) is 0 Å². The Kier molecular flexibility index (Phi) is 4.47. The Balaban J connectivity index is 1.35. The van der Waals surface area contributed by atoms with Gasteiger partial charge in [-0.3, -0.25) is 4.90 Å². The van der Waals surface area contributed by atoms with Crippen molar-refractivity contribution in [3.63, 3.8) is 0 Å². The number of hydrogen-bond acceptors (Lipinski definition) is 5. The molecule has 1 spiro atoms. The minimum atomic E-state index is -0.563. The van der Waals surface area contributed by atoms with Gasteiger partial charge in [0.1, 0.15) is 5.76 Å². The lowest BCUT2D eigenvalue weighted by Gasteiger charge is -2.27. The van der Waals surface area contributed by atoms with Gasteiger partial charge in [-0.1, -0.05) is 0 Å². The molecule has 4 heterocycles. The van der Waals surface area contributed by atoms with E-state index in [1.165, 1.54) is 12.8 Å². The lowest BCUT2D eigenvalue weighted by Crippen LogP contribution is -2.44. The third kappa shape index (κ3) is 3.16. The highest BCUT2D eigenvalue weighted by atomic mass is 16.7. The standard InChI is InChI=1S/C17H25N3O4/c21-16(20-8-5-17(13-20)23-10-11-24-17)18-12-14(15-4-3-9-22-15)19-6-1-2-7-19/h3-4,9,14H,1-2,5-8,10-13H2,(H,18,21)/t14-/m1/s1. The zero-order valence-corrected chi connectivity index (χ0v) is 13.9. The Morgan fingerprint density at radius 2 is 2.04 bits per heavy atom. The molecule has 0 radical (unpaired) electrons. The molecule has 7 heteroatoms. The molecular formula is C17H25N3O4. The number of carbonyl (C=O) groups excluding carboxylic acids is 1. The Labute approximate surface area is 141 Å². The fourth-order valence-corrected chi connectivity index (χ4v) is 3.90. The van der Waals surface area contributed by atoms with Gasteiger partial charge in [-0.25, -0.2) is 4.79 Å². The van der Waals surface area contributed by atoms with Crippen LogP contribution in [0.2, 0.25) is 0 Å². The van der Waals surface area contributed by atoms with E-state index in [2.05, 4.69) is 10.2 Å². The van der Waals surface area contributed by atoms with E-state index in [-0.39, 0.29) is 12.1 Å². The van der Waals surface area contributed by atoms with Crippen LogP contribution >= 0.6 is 0 Å². The molecule has 1 atom stereocenters. The number of rotatable bonds is 4. The molecule has 4 rings (SSSR count). The van der Waals surface area contributed by atoms with E-state index in [1.54, 1.807) is 11.2 Å². The topological polar surface area (TPSA) is 67.2 Å². The van der Waals surface area contributed by atoms with Crippen LogP contribution < -0.4 is 5.32 Å². The maximum Gasteiger partial charge on any atom is 0.317 e. The molecule has 3 aliphatic heterocycles. The summed E-state index contributed by atoms with van der Waals surface area (Å²) in [6, 6.07) is 3.93.